The summed E-state index contributed by atoms with van der Waals surface area (Å²) < 4.78 is 0. The van der Waals surface area contributed by atoms with Gasteiger partial charge in [-0.25, -0.2) is 0 Å². The molecule has 0 radical (unpaired) electrons. The van der Waals surface area contributed by atoms with Crippen LogP contribution in [0.15, 0.2) is 0 Å². The molecule has 0 aromatic carbocycles. The molecule has 0 spiro atoms. The number of nitrogens with one attached hydrogen (secondary N) is 1. The van der Waals surface area contributed by atoms with Crippen molar-refractivity contribution in [1.29, 1.82) is 0 Å². The summed E-state index contributed by atoms with van der Waals surface area (Å²) >= 11 is 4.03. The molecule has 0 heterocycles. The zero-order valence-corrected chi connectivity index (χ0v) is 11.6. The van der Waals surface area contributed by atoms with Gasteiger partial charge in [-0.05, 0) is 23.0 Å². The Labute approximate surface area is 99.6 Å². The van der Waals surface area contributed by atoms with Crippen molar-refractivity contribution in [1.82, 2.24) is 5.32 Å². The number of carbonyl (C=O) groups excluding carboxylic acids is 1. The molecule has 0 atom stereocenters. The average molecular weight is 231 g/mol. The largest absolute Gasteiger partial charge is 0.356 e. The van der Waals surface area contributed by atoms with Gasteiger partial charge in [-0.1, -0.05) is 34.6 Å². The quantitative estimate of drug-likeness (QED) is 0.700. The molecule has 0 aliphatic rings. The minimum atomic E-state index is 0.104. The number of hydrogen-bond acceptors (Lipinski definition) is 2. The van der Waals surface area contributed by atoms with Crippen molar-refractivity contribution in [2.45, 2.75) is 47.5 Å². The molecule has 0 bridgehead atoms. The van der Waals surface area contributed by atoms with Gasteiger partial charge in [0.15, 0.2) is 0 Å². The minimum Gasteiger partial charge on any atom is -0.356 e. The molecule has 0 unspecified atom stereocenters. The van der Waals surface area contributed by atoms with Crippen molar-refractivity contribution in [3.05, 3.63) is 0 Å². The fraction of sp³-hybridized carbons (Fsp3) is 0.917. The molecule has 2 nitrogen and oxygen atoms in total. The standard InChI is InChI=1S/C12H25NOS/c1-11(2,3)8-12(4,5)9-13-10(14)6-7-15/h15H,6-9H2,1-5H3,(H,13,14). The van der Waals surface area contributed by atoms with E-state index in [0.29, 0.717) is 17.6 Å². The maximum Gasteiger partial charge on any atom is 0.220 e. The van der Waals surface area contributed by atoms with Gasteiger partial charge in [0.25, 0.3) is 0 Å². The smallest absolute Gasteiger partial charge is 0.220 e. The van der Waals surface area contributed by atoms with Crippen molar-refractivity contribution in [2.24, 2.45) is 10.8 Å². The summed E-state index contributed by atoms with van der Waals surface area (Å²) in [6.07, 6.45) is 1.61. The highest BCUT2D eigenvalue weighted by Crippen LogP contribution is 2.32. The molecule has 0 aliphatic carbocycles. The van der Waals surface area contributed by atoms with Gasteiger partial charge in [-0.3, -0.25) is 4.79 Å². The van der Waals surface area contributed by atoms with E-state index in [-0.39, 0.29) is 11.3 Å². The number of thiol groups is 1. The Morgan fingerprint density at radius 2 is 1.73 bits per heavy atom. The van der Waals surface area contributed by atoms with Crippen molar-refractivity contribution in [3.8, 4) is 0 Å². The minimum absolute atomic E-state index is 0.104. The van der Waals surface area contributed by atoms with Crippen LogP contribution in [0.1, 0.15) is 47.5 Å². The van der Waals surface area contributed by atoms with E-state index in [4.69, 9.17) is 0 Å². The van der Waals surface area contributed by atoms with Crippen LogP contribution in [0, 0.1) is 10.8 Å². The molecule has 15 heavy (non-hydrogen) atoms. The topological polar surface area (TPSA) is 29.1 Å². The van der Waals surface area contributed by atoms with Gasteiger partial charge in [-0.2, -0.15) is 12.6 Å². The van der Waals surface area contributed by atoms with E-state index in [9.17, 15) is 4.79 Å². The van der Waals surface area contributed by atoms with Crippen LogP contribution in [0.3, 0.4) is 0 Å². The van der Waals surface area contributed by atoms with E-state index >= 15 is 0 Å². The lowest BCUT2D eigenvalue weighted by molar-refractivity contribution is -0.121. The third-order valence-corrected chi connectivity index (χ3v) is 2.34. The lowest BCUT2D eigenvalue weighted by atomic mass is 9.76. The number of carbonyl (C=O) groups is 1. The number of rotatable bonds is 5. The van der Waals surface area contributed by atoms with Gasteiger partial charge in [0, 0.05) is 13.0 Å². The molecule has 1 amide bonds. The van der Waals surface area contributed by atoms with Gasteiger partial charge in [-0.15, -0.1) is 0 Å². The highest BCUT2D eigenvalue weighted by atomic mass is 32.1. The van der Waals surface area contributed by atoms with Crippen LogP contribution < -0.4 is 5.32 Å². The predicted octanol–water partition coefficient (Wildman–Crippen LogP) is 2.88. The van der Waals surface area contributed by atoms with Crippen LogP contribution in [0.2, 0.25) is 0 Å². The van der Waals surface area contributed by atoms with E-state index in [1.807, 2.05) is 0 Å². The highest BCUT2D eigenvalue weighted by Gasteiger charge is 2.25. The van der Waals surface area contributed by atoms with Gasteiger partial charge in [0.2, 0.25) is 5.91 Å². The van der Waals surface area contributed by atoms with E-state index < -0.39 is 0 Å². The summed E-state index contributed by atoms with van der Waals surface area (Å²) in [4.78, 5) is 11.3. The summed E-state index contributed by atoms with van der Waals surface area (Å²) in [5, 5.41) is 2.96. The number of amides is 1. The zero-order chi connectivity index (χ0) is 12.1. The number of hydrogen-bond donors (Lipinski definition) is 2. The fourth-order valence-corrected chi connectivity index (χ4v) is 2.23. The molecule has 0 saturated heterocycles. The van der Waals surface area contributed by atoms with Gasteiger partial charge in [0.1, 0.15) is 0 Å². The Hall–Kier alpha value is -0.180. The monoisotopic (exact) mass is 231 g/mol. The van der Waals surface area contributed by atoms with Crippen LogP contribution >= 0.6 is 12.6 Å². The first-order valence-corrected chi connectivity index (χ1v) is 6.17. The van der Waals surface area contributed by atoms with Gasteiger partial charge >= 0.3 is 0 Å². The first kappa shape index (κ1) is 14.8. The van der Waals surface area contributed by atoms with Crippen LogP contribution in [0.4, 0.5) is 0 Å². The lowest BCUT2D eigenvalue weighted by Gasteiger charge is -2.32. The first-order valence-electron chi connectivity index (χ1n) is 5.54. The SMILES string of the molecule is CC(C)(C)CC(C)(C)CNC(=O)CCS. The molecular weight excluding hydrogens is 206 g/mol. The Kier molecular flexibility index (Phi) is 5.71. The predicted molar refractivity (Wildman–Crippen MR) is 69.3 cm³/mol. The lowest BCUT2D eigenvalue weighted by Crippen LogP contribution is -2.36. The van der Waals surface area contributed by atoms with Crippen molar-refractivity contribution >= 4 is 18.5 Å². The van der Waals surface area contributed by atoms with Crippen molar-refractivity contribution in [2.75, 3.05) is 12.3 Å². The molecule has 0 aromatic heterocycles. The molecule has 1 N–H and O–H groups in total. The van der Waals surface area contributed by atoms with E-state index in [2.05, 4.69) is 52.6 Å². The molecule has 0 aliphatic heterocycles. The Balaban J connectivity index is 3.99. The van der Waals surface area contributed by atoms with Crippen LogP contribution in [-0.2, 0) is 4.79 Å². The van der Waals surface area contributed by atoms with Crippen molar-refractivity contribution < 1.29 is 4.79 Å². The molecule has 3 heteroatoms. The molecular formula is C12H25NOS. The van der Waals surface area contributed by atoms with Crippen LogP contribution in [-0.4, -0.2) is 18.2 Å². The maximum absolute atomic E-state index is 11.3. The maximum atomic E-state index is 11.3. The summed E-state index contributed by atoms with van der Waals surface area (Å²) in [5.41, 5.74) is 0.461. The van der Waals surface area contributed by atoms with Crippen LogP contribution in [0.5, 0.6) is 0 Å². The highest BCUT2D eigenvalue weighted by molar-refractivity contribution is 7.80. The van der Waals surface area contributed by atoms with Crippen molar-refractivity contribution in [3.63, 3.8) is 0 Å². The normalized spacial score (nSPS) is 12.7. The van der Waals surface area contributed by atoms with Gasteiger partial charge < -0.3 is 5.32 Å². The fourth-order valence-electron chi connectivity index (χ4n) is 2.03. The second-order valence-corrected chi connectivity index (χ2v) is 6.60. The second-order valence-electron chi connectivity index (χ2n) is 6.15. The molecule has 0 saturated carbocycles. The Morgan fingerprint density at radius 3 is 2.13 bits per heavy atom. The Morgan fingerprint density at radius 1 is 1.20 bits per heavy atom. The second kappa shape index (κ2) is 5.78. The third kappa shape index (κ3) is 8.79. The third-order valence-electron chi connectivity index (χ3n) is 2.11. The molecule has 90 valence electrons. The zero-order valence-electron chi connectivity index (χ0n) is 10.7. The summed E-state index contributed by atoms with van der Waals surface area (Å²) in [6.45, 7) is 11.8. The Bertz CT molecular complexity index is 206. The van der Waals surface area contributed by atoms with E-state index in [0.717, 1.165) is 13.0 Å². The molecule has 0 rings (SSSR count). The summed E-state index contributed by atoms with van der Waals surface area (Å²) in [5.74, 6) is 0.720. The van der Waals surface area contributed by atoms with E-state index in [1.165, 1.54) is 0 Å². The summed E-state index contributed by atoms with van der Waals surface area (Å²) in [6, 6.07) is 0. The molecule has 0 aromatic rings. The molecule has 0 fully saturated rings. The van der Waals surface area contributed by atoms with Crippen LogP contribution in [0.25, 0.3) is 0 Å². The van der Waals surface area contributed by atoms with Gasteiger partial charge in [0.05, 0.1) is 0 Å². The summed E-state index contributed by atoms with van der Waals surface area (Å²) in [7, 11) is 0. The average Bonchev–Trinajstić information content (AvgIpc) is 1.97. The first-order chi connectivity index (χ1) is 6.66. The van der Waals surface area contributed by atoms with E-state index in [1.54, 1.807) is 0 Å².